The van der Waals surface area contributed by atoms with Crippen LogP contribution in [-0.4, -0.2) is 50.3 Å². The number of benzene rings is 2. The van der Waals surface area contributed by atoms with Crippen LogP contribution in [0.2, 0.25) is 5.02 Å². The van der Waals surface area contributed by atoms with Gasteiger partial charge < -0.3 is 9.47 Å². The van der Waals surface area contributed by atoms with E-state index < -0.39 is 10.1 Å². The minimum Gasteiger partial charge on any atom is -0.493 e. The maximum absolute atomic E-state index is 11.5. The molecular weight excluding hydrogens is 486 g/mol. The highest BCUT2D eigenvalue weighted by Gasteiger charge is 2.35. The molecule has 2 heterocycles. The SMILES string of the molecule is COc1cccc([C@@H]2S[C@@H](CCOS(C)(=O)=O)c3nnc(C)n3-c3ccc(Cl)cc32)c1OC. The van der Waals surface area contributed by atoms with Gasteiger partial charge in [-0.05, 0) is 43.2 Å². The van der Waals surface area contributed by atoms with E-state index in [2.05, 4.69) is 10.2 Å². The first-order valence-electron chi connectivity index (χ1n) is 10.2. The first kappa shape index (κ1) is 23.9. The molecule has 1 aromatic heterocycles. The summed E-state index contributed by atoms with van der Waals surface area (Å²) < 4.78 is 41.4. The van der Waals surface area contributed by atoms with E-state index in [0.717, 1.165) is 34.7 Å². The van der Waals surface area contributed by atoms with Crippen LogP contribution in [0.5, 0.6) is 11.5 Å². The van der Waals surface area contributed by atoms with Gasteiger partial charge >= 0.3 is 0 Å². The van der Waals surface area contributed by atoms with Crippen LogP contribution in [0.3, 0.4) is 0 Å². The van der Waals surface area contributed by atoms with Gasteiger partial charge in [-0.1, -0.05) is 23.7 Å². The number of nitrogens with zero attached hydrogens (tertiary/aromatic N) is 3. The Bertz CT molecular complexity index is 1280. The summed E-state index contributed by atoms with van der Waals surface area (Å²) in [5.74, 6) is 2.70. The lowest BCUT2D eigenvalue weighted by Gasteiger charge is -2.24. The van der Waals surface area contributed by atoms with Crippen molar-refractivity contribution in [1.82, 2.24) is 14.8 Å². The Kier molecular flexibility index (Phi) is 6.90. The Balaban J connectivity index is 1.88. The molecule has 0 N–H and O–H groups in total. The molecule has 176 valence electrons. The molecule has 3 aromatic rings. The van der Waals surface area contributed by atoms with Crippen LogP contribution in [0.1, 0.15) is 39.7 Å². The monoisotopic (exact) mass is 509 g/mol. The largest absolute Gasteiger partial charge is 0.493 e. The van der Waals surface area contributed by atoms with Gasteiger partial charge in [-0.15, -0.1) is 22.0 Å². The molecule has 0 fully saturated rings. The highest BCUT2D eigenvalue weighted by Crippen LogP contribution is 2.53. The number of methoxy groups -OCH3 is 2. The number of thioether (sulfide) groups is 1. The lowest BCUT2D eigenvalue weighted by molar-refractivity contribution is 0.313. The zero-order valence-corrected chi connectivity index (χ0v) is 21.0. The van der Waals surface area contributed by atoms with Crippen LogP contribution in [0.15, 0.2) is 36.4 Å². The van der Waals surface area contributed by atoms with Crippen LogP contribution in [0, 0.1) is 6.92 Å². The molecule has 0 radical (unpaired) electrons. The standard InChI is InChI=1S/C22H24ClN3O5S2/c1-13-24-25-22-19(10-11-31-33(4,27)28)32-21(15-6-5-7-18(29-2)20(15)30-3)16-12-14(23)8-9-17(16)26(13)22/h5-9,12,19,21H,10-11H2,1-4H3/t19-,21-/m0/s1. The molecule has 11 heteroatoms. The van der Waals surface area contributed by atoms with Crippen molar-refractivity contribution in [1.29, 1.82) is 0 Å². The first-order valence-corrected chi connectivity index (χ1v) is 13.3. The van der Waals surface area contributed by atoms with E-state index in [-0.39, 0.29) is 17.1 Å². The van der Waals surface area contributed by atoms with Crippen molar-refractivity contribution in [3.63, 3.8) is 0 Å². The lowest BCUT2D eigenvalue weighted by atomic mass is 10.0. The van der Waals surface area contributed by atoms with Crippen LogP contribution in [0.4, 0.5) is 0 Å². The fraction of sp³-hybridized carbons (Fsp3) is 0.364. The van der Waals surface area contributed by atoms with Gasteiger partial charge in [0.25, 0.3) is 10.1 Å². The summed E-state index contributed by atoms with van der Waals surface area (Å²) in [6, 6.07) is 11.5. The zero-order valence-electron chi connectivity index (χ0n) is 18.6. The summed E-state index contributed by atoms with van der Waals surface area (Å²) >= 11 is 8.05. The molecular formula is C22H24ClN3O5S2. The van der Waals surface area contributed by atoms with E-state index in [1.807, 2.05) is 47.9 Å². The smallest absolute Gasteiger partial charge is 0.264 e. The molecule has 1 aliphatic rings. The van der Waals surface area contributed by atoms with Crippen LogP contribution in [-0.2, 0) is 14.3 Å². The third-order valence-electron chi connectivity index (χ3n) is 5.34. The van der Waals surface area contributed by atoms with E-state index in [9.17, 15) is 8.42 Å². The van der Waals surface area contributed by atoms with Crippen LogP contribution in [0.25, 0.3) is 5.69 Å². The van der Waals surface area contributed by atoms with E-state index in [4.69, 9.17) is 25.3 Å². The molecule has 0 saturated carbocycles. The summed E-state index contributed by atoms with van der Waals surface area (Å²) in [5, 5.41) is 8.92. The van der Waals surface area contributed by atoms with Crippen LogP contribution < -0.4 is 9.47 Å². The van der Waals surface area contributed by atoms with Crippen LogP contribution >= 0.6 is 23.4 Å². The zero-order chi connectivity index (χ0) is 23.8. The summed E-state index contributed by atoms with van der Waals surface area (Å²) in [4.78, 5) is 0. The van der Waals surface area contributed by atoms with E-state index in [1.54, 1.807) is 26.0 Å². The third-order valence-corrected chi connectivity index (χ3v) is 7.73. The number of hydrogen-bond donors (Lipinski definition) is 0. The van der Waals surface area contributed by atoms with Crippen molar-refractivity contribution in [2.24, 2.45) is 0 Å². The predicted molar refractivity (Wildman–Crippen MR) is 128 cm³/mol. The average Bonchev–Trinajstić information content (AvgIpc) is 3.09. The second kappa shape index (κ2) is 9.54. The Hall–Kier alpha value is -2.27. The Morgan fingerprint density at radius 2 is 1.91 bits per heavy atom. The quantitative estimate of drug-likeness (QED) is 0.430. The highest BCUT2D eigenvalue weighted by molar-refractivity contribution is 8.00. The molecule has 8 nitrogen and oxygen atoms in total. The van der Waals surface area contributed by atoms with Crippen molar-refractivity contribution >= 4 is 33.5 Å². The number of halogens is 1. The molecule has 2 aromatic carbocycles. The molecule has 2 atom stereocenters. The molecule has 0 aliphatic carbocycles. The first-order chi connectivity index (χ1) is 15.7. The molecule has 1 aliphatic heterocycles. The molecule has 0 unspecified atom stereocenters. The number of fused-ring (bicyclic) bond motifs is 3. The lowest BCUT2D eigenvalue weighted by Crippen LogP contribution is -2.10. The van der Waals surface area contributed by atoms with Gasteiger partial charge in [-0.2, -0.15) is 8.42 Å². The number of ether oxygens (including phenoxy) is 2. The van der Waals surface area contributed by atoms with E-state index >= 15 is 0 Å². The minimum atomic E-state index is -3.56. The van der Waals surface area contributed by atoms with Crippen molar-refractivity contribution in [3.8, 4) is 17.2 Å². The van der Waals surface area contributed by atoms with Crippen molar-refractivity contribution in [3.05, 3.63) is 64.2 Å². The summed E-state index contributed by atoms with van der Waals surface area (Å²) in [6.07, 6.45) is 1.46. The van der Waals surface area contributed by atoms with Gasteiger partial charge in [0.1, 0.15) is 5.82 Å². The molecule has 4 rings (SSSR count). The summed E-state index contributed by atoms with van der Waals surface area (Å²) in [5.41, 5.74) is 2.79. The van der Waals surface area contributed by atoms with Gasteiger partial charge in [0.15, 0.2) is 17.3 Å². The molecule has 33 heavy (non-hydrogen) atoms. The van der Waals surface area contributed by atoms with E-state index in [1.165, 1.54) is 0 Å². The van der Waals surface area contributed by atoms with Gasteiger partial charge in [-0.3, -0.25) is 8.75 Å². The Morgan fingerprint density at radius 1 is 1.12 bits per heavy atom. The fourth-order valence-electron chi connectivity index (χ4n) is 3.99. The number of aryl methyl sites for hydroxylation is 1. The second-order valence-electron chi connectivity index (χ2n) is 7.55. The number of hydrogen-bond acceptors (Lipinski definition) is 8. The summed E-state index contributed by atoms with van der Waals surface area (Å²) in [6.45, 7) is 1.91. The van der Waals surface area contributed by atoms with Gasteiger partial charge in [0, 0.05) is 10.6 Å². The van der Waals surface area contributed by atoms with Crippen molar-refractivity contribution in [2.75, 3.05) is 27.1 Å². The van der Waals surface area contributed by atoms with Gasteiger partial charge in [0.2, 0.25) is 0 Å². The third kappa shape index (κ3) is 4.84. The normalized spacial score (nSPS) is 17.7. The van der Waals surface area contributed by atoms with Crippen molar-refractivity contribution in [2.45, 2.75) is 23.8 Å². The number of para-hydroxylation sites is 1. The number of rotatable bonds is 7. The van der Waals surface area contributed by atoms with E-state index in [0.29, 0.717) is 22.9 Å². The van der Waals surface area contributed by atoms with Gasteiger partial charge in [0.05, 0.1) is 43.3 Å². The molecule has 0 spiro atoms. The molecule has 0 saturated heterocycles. The predicted octanol–water partition coefficient (Wildman–Crippen LogP) is 4.49. The van der Waals surface area contributed by atoms with Gasteiger partial charge in [-0.25, -0.2) is 0 Å². The average molecular weight is 510 g/mol. The van der Waals surface area contributed by atoms with Crippen molar-refractivity contribution < 1.29 is 22.1 Å². The highest BCUT2D eigenvalue weighted by atomic mass is 35.5. The molecule has 0 bridgehead atoms. The molecule has 0 amide bonds. The topological polar surface area (TPSA) is 92.5 Å². The summed E-state index contributed by atoms with van der Waals surface area (Å²) in [7, 11) is -0.348. The fourth-order valence-corrected chi connectivity index (χ4v) is 6.07. The maximum Gasteiger partial charge on any atom is 0.264 e. The Labute approximate surface area is 202 Å². The number of aromatic nitrogens is 3. The minimum absolute atomic E-state index is 0.0292. The maximum atomic E-state index is 11.5. The second-order valence-corrected chi connectivity index (χ2v) is 10.9. The Morgan fingerprint density at radius 3 is 2.61 bits per heavy atom.